The Balaban J connectivity index is 1.84. The molecule has 1 aromatic carbocycles. The molecule has 1 aromatic rings. The van der Waals surface area contributed by atoms with Gasteiger partial charge in [-0.3, -0.25) is 9.69 Å². The fourth-order valence-electron chi connectivity index (χ4n) is 2.56. The average Bonchev–Trinajstić information content (AvgIpc) is 2.47. The van der Waals surface area contributed by atoms with Crippen molar-refractivity contribution in [3.8, 4) is 5.75 Å². The van der Waals surface area contributed by atoms with Crippen LogP contribution in [0.2, 0.25) is 0 Å². The van der Waals surface area contributed by atoms with Crippen LogP contribution in [0.3, 0.4) is 0 Å². The van der Waals surface area contributed by atoms with Gasteiger partial charge in [0.2, 0.25) is 0 Å². The summed E-state index contributed by atoms with van der Waals surface area (Å²) in [7, 11) is 0. The molecule has 0 spiro atoms. The van der Waals surface area contributed by atoms with Crippen LogP contribution in [0.4, 0.5) is 13.2 Å². The second kappa shape index (κ2) is 7.00. The van der Waals surface area contributed by atoms with Gasteiger partial charge in [-0.2, -0.15) is 13.2 Å². The van der Waals surface area contributed by atoms with Gasteiger partial charge in [0.05, 0.1) is 5.56 Å². The maximum atomic E-state index is 12.4. The molecule has 1 fully saturated rings. The number of benzene rings is 1. The molecule has 0 aromatic heterocycles. The van der Waals surface area contributed by atoms with Gasteiger partial charge in [0.15, 0.2) is 0 Å². The van der Waals surface area contributed by atoms with Crippen molar-refractivity contribution >= 4 is 5.97 Å². The molecule has 1 atom stereocenters. The summed E-state index contributed by atoms with van der Waals surface area (Å²) in [5.74, 6) is -0.494. The number of likely N-dealkylation sites (tertiary alicyclic amines) is 1. The molecule has 0 amide bonds. The molecular formula is C15H18F3NO3. The molecule has 1 aliphatic heterocycles. The third kappa shape index (κ3) is 4.37. The molecule has 1 N–H and O–H groups in total. The number of ether oxygens (including phenoxy) is 1. The number of hydrogen-bond donors (Lipinski definition) is 1. The molecule has 22 heavy (non-hydrogen) atoms. The Labute approximate surface area is 126 Å². The van der Waals surface area contributed by atoms with E-state index in [1.165, 1.54) is 12.1 Å². The number of halogens is 3. The molecule has 2 rings (SSSR count). The Morgan fingerprint density at radius 1 is 1.27 bits per heavy atom. The first-order valence-electron chi connectivity index (χ1n) is 7.15. The number of hydrogen-bond acceptors (Lipinski definition) is 3. The number of carboxylic acid groups (broad SMARTS) is 1. The van der Waals surface area contributed by atoms with Crippen molar-refractivity contribution in [3.05, 3.63) is 29.8 Å². The molecule has 4 nitrogen and oxygen atoms in total. The van der Waals surface area contributed by atoms with Gasteiger partial charge in [0, 0.05) is 6.54 Å². The lowest BCUT2D eigenvalue weighted by atomic mass is 10.0. The molecule has 1 aliphatic rings. The van der Waals surface area contributed by atoms with Crippen LogP contribution in [-0.4, -0.2) is 41.7 Å². The quantitative estimate of drug-likeness (QED) is 0.907. The van der Waals surface area contributed by atoms with Gasteiger partial charge in [-0.1, -0.05) is 6.42 Å². The second-order valence-corrected chi connectivity index (χ2v) is 5.26. The van der Waals surface area contributed by atoms with Crippen molar-refractivity contribution in [3.63, 3.8) is 0 Å². The predicted octanol–water partition coefficient (Wildman–Crippen LogP) is 3.02. The van der Waals surface area contributed by atoms with Crippen LogP contribution in [0.25, 0.3) is 0 Å². The molecule has 0 bridgehead atoms. The second-order valence-electron chi connectivity index (χ2n) is 5.26. The van der Waals surface area contributed by atoms with Crippen molar-refractivity contribution < 1.29 is 27.8 Å². The summed E-state index contributed by atoms with van der Waals surface area (Å²) in [5.41, 5.74) is -0.721. The van der Waals surface area contributed by atoms with Gasteiger partial charge in [-0.15, -0.1) is 0 Å². The highest BCUT2D eigenvalue weighted by Gasteiger charge is 2.30. The summed E-state index contributed by atoms with van der Waals surface area (Å²) in [6, 6.07) is 3.98. The largest absolute Gasteiger partial charge is 0.492 e. The molecule has 1 saturated heterocycles. The maximum absolute atomic E-state index is 12.4. The van der Waals surface area contributed by atoms with Crippen molar-refractivity contribution in [1.29, 1.82) is 0 Å². The summed E-state index contributed by atoms with van der Waals surface area (Å²) in [5, 5.41) is 9.14. The molecule has 0 saturated carbocycles. The first-order chi connectivity index (χ1) is 10.4. The van der Waals surface area contributed by atoms with E-state index in [0.717, 1.165) is 25.0 Å². The average molecular weight is 317 g/mol. The number of piperidine rings is 1. The monoisotopic (exact) mass is 317 g/mol. The summed E-state index contributed by atoms with van der Waals surface area (Å²) in [6.45, 7) is 1.39. The molecule has 122 valence electrons. The van der Waals surface area contributed by atoms with Crippen molar-refractivity contribution in [2.75, 3.05) is 19.7 Å². The molecule has 0 radical (unpaired) electrons. The van der Waals surface area contributed by atoms with E-state index >= 15 is 0 Å². The van der Waals surface area contributed by atoms with E-state index in [1.807, 2.05) is 4.90 Å². The van der Waals surface area contributed by atoms with Crippen molar-refractivity contribution in [2.45, 2.75) is 31.5 Å². The van der Waals surface area contributed by atoms with E-state index in [-0.39, 0.29) is 6.61 Å². The van der Waals surface area contributed by atoms with E-state index in [4.69, 9.17) is 9.84 Å². The fourth-order valence-corrected chi connectivity index (χ4v) is 2.56. The van der Waals surface area contributed by atoms with Crippen LogP contribution < -0.4 is 4.74 Å². The van der Waals surface area contributed by atoms with Crippen LogP contribution in [0.1, 0.15) is 24.8 Å². The van der Waals surface area contributed by atoms with Crippen LogP contribution in [0.15, 0.2) is 24.3 Å². The Bertz CT molecular complexity index is 502. The zero-order valence-electron chi connectivity index (χ0n) is 12.0. The van der Waals surface area contributed by atoms with Crippen LogP contribution in [-0.2, 0) is 11.0 Å². The lowest BCUT2D eigenvalue weighted by Gasteiger charge is -2.32. The minimum Gasteiger partial charge on any atom is -0.492 e. The summed E-state index contributed by atoms with van der Waals surface area (Å²) < 4.78 is 42.7. The van der Waals surface area contributed by atoms with Crippen LogP contribution >= 0.6 is 0 Å². The van der Waals surface area contributed by atoms with Gasteiger partial charge in [0.1, 0.15) is 18.4 Å². The van der Waals surface area contributed by atoms with Crippen molar-refractivity contribution in [1.82, 2.24) is 4.90 Å². The third-order valence-electron chi connectivity index (χ3n) is 3.73. The Kier molecular flexibility index (Phi) is 5.28. The molecule has 7 heteroatoms. The standard InChI is InChI=1S/C15H18F3NO3/c16-15(17,18)11-4-6-12(7-5-11)22-10-9-19-8-2-1-3-13(19)14(20)21/h4-7,13H,1-3,8-10H2,(H,20,21). The minimum absolute atomic E-state index is 0.245. The van der Waals surface area contributed by atoms with Gasteiger partial charge in [-0.25, -0.2) is 0 Å². The minimum atomic E-state index is -4.36. The Hall–Kier alpha value is -1.76. The zero-order chi connectivity index (χ0) is 16.2. The topological polar surface area (TPSA) is 49.8 Å². The van der Waals surface area contributed by atoms with Gasteiger partial charge >= 0.3 is 12.1 Å². The van der Waals surface area contributed by atoms with Crippen LogP contribution in [0.5, 0.6) is 5.75 Å². The molecule has 0 aliphatic carbocycles. The maximum Gasteiger partial charge on any atom is 0.416 e. The van der Waals surface area contributed by atoms with E-state index in [9.17, 15) is 18.0 Å². The SMILES string of the molecule is O=C(O)C1CCCCN1CCOc1ccc(C(F)(F)F)cc1. The first kappa shape index (κ1) is 16.6. The van der Waals surface area contributed by atoms with E-state index in [1.54, 1.807) is 0 Å². The predicted molar refractivity (Wildman–Crippen MR) is 73.8 cm³/mol. The van der Waals surface area contributed by atoms with E-state index < -0.39 is 23.8 Å². The Morgan fingerprint density at radius 2 is 1.95 bits per heavy atom. The first-order valence-corrected chi connectivity index (χ1v) is 7.15. The zero-order valence-corrected chi connectivity index (χ0v) is 12.0. The van der Waals surface area contributed by atoms with Gasteiger partial charge in [-0.05, 0) is 43.7 Å². The third-order valence-corrected chi connectivity index (χ3v) is 3.73. The number of aliphatic carboxylic acids is 1. The van der Waals surface area contributed by atoms with Crippen molar-refractivity contribution in [2.24, 2.45) is 0 Å². The number of nitrogens with zero attached hydrogens (tertiary/aromatic N) is 1. The number of rotatable bonds is 5. The summed E-state index contributed by atoms with van der Waals surface area (Å²) in [6.07, 6.45) is -1.89. The normalized spacial score (nSPS) is 19.9. The highest BCUT2D eigenvalue weighted by Crippen LogP contribution is 2.30. The molecule has 1 heterocycles. The van der Waals surface area contributed by atoms with Gasteiger partial charge < -0.3 is 9.84 Å². The number of alkyl halides is 3. The summed E-state index contributed by atoms with van der Waals surface area (Å²) >= 11 is 0. The highest BCUT2D eigenvalue weighted by molar-refractivity contribution is 5.73. The fraction of sp³-hybridized carbons (Fsp3) is 0.533. The highest BCUT2D eigenvalue weighted by atomic mass is 19.4. The summed E-state index contributed by atoms with van der Waals surface area (Å²) in [4.78, 5) is 13.0. The molecular weight excluding hydrogens is 299 g/mol. The lowest BCUT2D eigenvalue weighted by Crippen LogP contribution is -2.46. The van der Waals surface area contributed by atoms with E-state index in [2.05, 4.69) is 0 Å². The number of carboxylic acids is 1. The molecule has 1 unspecified atom stereocenters. The van der Waals surface area contributed by atoms with E-state index in [0.29, 0.717) is 25.3 Å². The van der Waals surface area contributed by atoms with Gasteiger partial charge in [0.25, 0.3) is 0 Å². The lowest BCUT2D eigenvalue weighted by molar-refractivity contribution is -0.144. The van der Waals surface area contributed by atoms with Crippen LogP contribution in [0, 0.1) is 0 Å². The Morgan fingerprint density at radius 3 is 2.55 bits per heavy atom. The smallest absolute Gasteiger partial charge is 0.416 e. The number of carbonyl (C=O) groups is 1.